The number of ether oxygens (including phenoxy) is 1. The highest BCUT2D eigenvalue weighted by Crippen LogP contribution is 2.25. The molecule has 0 aliphatic carbocycles. The Kier molecular flexibility index (Phi) is 10.4. The van der Waals surface area contributed by atoms with Gasteiger partial charge < -0.3 is 20.7 Å². The SMILES string of the molecule is CCc1ccccc1CNC(=NC)NCc1ccc(OC)c(NC(C)=O)c1.I. The van der Waals surface area contributed by atoms with Gasteiger partial charge in [0.2, 0.25) is 5.91 Å². The number of benzene rings is 2. The van der Waals surface area contributed by atoms with Crippen LogP contribution in [0.1, 0.15) is 30.5 Å². The summed E-state index contributed by atoms with van der Waals surface area (Å²) in [5.41, 5.74) is 4.26. The van der Waals surface area contributed by atoms with E-state index in [9.17, 15) is 4.79 Å². The largest absolute Gasteiger partial charge is 0.495 e. The molecule has 0 aliphatic rings. The molecule has 0 heterocycles. The molecular weight excluding hydrogens is 467 g/mol. The van der Waals surface area contributed by atoms with Gasteiger partial charge in [-0.15, -0.1) is 24.0 Å². The number of anilines is 1. The Hall–Kier alpha value is -2.29. The van der Waals surface area contributed by atoms with E-state index in [2.05, 4.69) is 46.1 Å². The fraction of sp³-hybridized carbons (Fsp3) is 0.333. The molecule has 3 N–H and O–H groups in total. The van der Waals surface area contributed by atoms with Crippen LogP contribution in [0.4, 0.5) is 5.69 Å². The van der Waals surface area contributed by atoms with Gasteiger partial charge in [-0.3, -0.25) is 9.79 Å². The molecule has 0 radical (unpaired) electrons. The topological polar surface area (TPSA) is 74.8 Å². The fourth-order valence-electron chi connectivity index (χ4n) is 2.81. The normalized spacial score (nSPS) is 10.6. The Morgan fingerprint density at radius 2 is 1.75 bits per heavy atom. The van der Waals surface area contributed by atoms with Crippen molar-refractivity contribution in [1.29, 1.82) is 0 Å². The summed E-state index contributed by atoms with van der Waals surface area (Å²) < 4.78 is 5.29. The van der Waals surface area contributed by atoms with Gasteiger partial charge in [-0.05, 0) is 35.2 Å². The summed E-state index contributed by atoms with van der Waals surface area (Å²) in [6, 6.07) is 14.1. The molecule has 2 aromatic rings. The second kappa shape index (κ2) is 12.2. The molecule has 0 unspecified atom stereocenters. The van der Waals surface area contributed by atoms with Gasteiger partial charge in [0.15, 0.2) is 5.96 Å². The van der Waals surface area contributed by atoms with Crippen molar-refractivity contribution >= 4 is 41.5 Å². The highest BCUT2D eigenvalue weighted by Gasteiger charge is 2.07. The molecule has 0 aliphatic heterocycles. The molecule has 2 aromatic carbocycles. The van der Waals surface area contributed by atoms with Crippen molar-refractivity contribution in [2.45, 2.75) is 33.4 Å². The molecule has 28 heavy (non-hydrogen) atoms. The van der Waals surface area contributed by atoms with Crippen LogP contribution in [0.3, 0.4) is 0 Å². The first kappa shape index (κ1) is 23.7. The Morgan fingerprint density at radius 3 is 2.36 bits per heavy atom. The van der Waals surface area contributed by atoms with E-state index in [1.54, 1.807) is 14.2 Å². The average molecular weight is 496 g/mol. The van der Waals surface area contributed by atoms with Crippen molar-refractivity contribution in [2.24, 2.45) is 4.99 Å². The summed E-state index contributed by atoms with van der Waals surface area (Å²) in [7, 11) is 3.33. The van der Waals surface area contributed by atoms with E-state index in [-0.39, 0.29) is 29.9 Å². The van der Waals surface area contributed by atoms with Crippen molar-refractivity contribution in [3.63, 3.8) is 0 Å². The minimum absolute atomic E-state index is 0. The molecule has 152 valence electrons. The van der Waals surface area contributed by atoms with Crippen molar-refractivity contribution in [1.82, 2.24) is 10.6 Å². The lowest BCUT2D eigenvalue weighted by Gasteiger charge is -2.15. The number of carbonyl (C=O) groups is 1. The number of carbonyl (C=O) groups excluding carboxylic acids is 1. The Morgan fingerprint density at radius 1 is 1.07 bits per heavy atom. The zero-order valence-electron chi connectivity index (χ0n) is 16.8. The first-order valence-electron chi connectivity index (χ1n) is 9.03. The first-order chi connectivity index (χ1) is 13.1. The van der Waals surface area contributed by atoms with E-state index in [4.69, 9.17) is 4.74 Å². The summed E-state index contributed by atoms with van der Waals surface area (Å²) in [6.07, 6.45) is 1.00. The average Bonchev–Trinajstić information content (AvgIpc) is 2.68. The van der Waals surface area contributed by atoms with E-state index < -0.39 is 0 Å². The number of guanidine groups is 1. The summed E-state index contributed by atoms with van der Waals surface area (Å²) >= 11 is 0. The highest BCUT2D eigenvalue weighted by molar-refractivity contribution is 14.0. The van der Waals surface area contributed by atoms with Gasteiger partial charge in [0, 0.05) is 27.1 Å². The fourth-order valence-corrected chi connectivity index (χ4v) is 2.81. The third-order valence-electron chi connectivity index (χ3n) is 4.20. The molecular formula is C21H29IN4O2. The lowest BCUT2D eigenvalue weighted by molar-refractivity contribution is -0.114. The molecule has 0 bridgehead atoms. The molecule has 1 amide bonds. The number of hydrogen-bond donors (Lipinski definition) is 3. The van der Waals surface area contributed by atoms with Gasteiger partial charge in [0.1, 0.15) is 5.75 Å². The van der Waals surface area contributed by atoms with E-state index >= 15 is 0 Å². The van der Waals surface area contributed by atoms with Crippen LogP contribution in [0.2, 0.25) is 0 Å². The zero-order valence-corrected chi connectivity index (χ0v) is 19.2. The third kappa shape index (κ3) is 7.03. The Labute approximate surface area is 184 Å². The number of hydrogen-bond acceptors (Lipinski definition) is 3. The van der Waals surface area contributed by atoms with Crippen LogP contribution in [0.25, 0.3) is 0 Å². The Balaban J connectivity index is 0.00000392. The standard InChI is InChI=1S/C21H28N4O2.HI/c1-5-17-8-6-7-9-18(17)14-24-21(22-3)23-13-16-10-11-20(27-4)19(12-16)25-15(2)26;/h6-12H,5,13-14H2,1-4H3,(H,25,26)(H2,22,23,24);1H. The predicted octanol–water partition coefficient (Wildman–Crippen LogP) is 3.70. The molecule has 2 rings (SSSR count). The molecule has 0 aromatic heterocycles. The van der Waals surface area contributed by atoms with Crippen molar-refractivity contribution in [2.75, 3.05) is 19.5 Å². The number of rotatable bonds is 7. The van der Waals surface area contributed by atoms with Crippen molar-refractivity contribution in [3.05, 3.63) is 59.2 Å². The molecule has 0 saturated carbocycles. The second-order valence-electron chi connectivity index (χ2n) is 6.12. The van der Waals surface area contributed by atoms with E-state index in [1.165, 1.54) is 18.1 Å². The second-order valence-corrected chi connectivity index (χ2v) is 6.12. The zero-order chi connectivity index (χ0) is 19.6. The lowest BCUT2D eigenvalue weighted by atomic mass is 10.1. The third-order valence-corrected chi connectivity index (χ3v) is 4.20. The molecule has 7 heteroatoms. The first-order valence-corrected chi connectivity index (χ1v) is 9.03. The maximum atomic E-state index is 11.4. The van der Waals surface area contributed by atoms with Gasteiger partial charge in [-0.1, -0.05) is 37.3 Å². The summed E-state index contributed by atoms with van der Waals surface area (Å²) in [4.78, 5) is 15.6. The maximum absolute atomic E-state index is 11.4. The number of aliphatic imine (C=N–C) groups is 1. The summed E-state index contributed by atoms with van der Waals surface area (Å²) in [5.74, 6) is 1.22. The van der Waals surface area contributed by atoms with Crippen molar-refractivity contribution in [3.8, 4) is 5.75 Å². The van der Waals surface area contributed by atoms with Gasteiger partial charge in [0.05, 0.1) is 12.8 Å². The number of nitrogens with zero attached hydrogens (tertiary/aromatic N) is 1. The highest BCUT2D eigenvalue weighted by atomic mass is 127. The predicted molar refractivity (Wildman–Crippen MR) is 126 cm³/mol. The van der Waals surface area contributed by atoms with Crippen LogP contribution in [0, 0.1) is 0 Å². The molecule has 0 fully saturated rings. The van der Waals surface area contributed by atoms with Crippen LogP contribution in [-0.2, 0) is 24.3 Å². The number of amides is 1. The van der Waals surface area contributed by atoms with E-state index in [1.807, 2.05) is 24.3 Å². The van der Waals surface area contributed by atoms with Crippen molar-refractivity contribution < 1.29 is 9.53 Å². The van der Waals surface area contributed by atoms with Gasteiger partial charge >= 0.3 is 0 Å². The summed E-state index contributed by atoms with van der Waals surface area (Å²) in [6.45, 7) is 4.92. The molecule has 6 nitrogen and oxygen atoms in total. The quantitative estimate of drug-likeness (QED) is 0.311. The molecule has 0 saturated heterocycles. The van der Waals surface area contributed by atoms with Crippen LogP contribution >= 0.6 is 24.0 Å². The minimum atomic E-state index is -0.134. The van der Waals surface area contributed by atoms with Crippen LogP contribution in [0.15, 0.2) is 47.5 Å². The number of aryl methyl sites for hydroxylation is 1. The Bertz CT molecular complexity index is 809. The number of methoxy groups -OCH3 is 1. The van der Waals surface area contributed by atoms with E-state index in [0.717, 1.165) is 17.9 Å². The number of halogens is 1. The van der Waals surface area contributed by atoms with Gasteiger partial charge in [0.25, 0.3) is 0 Å². The van der Waals surface area contributed by atoms with Crippen LogP contribution in [0.5, 0.6) is 5.75 Å². The number of nitrogens with one attached hydrogen (secondary N) is 3. The molecule has 0 spiro atoms. The van der Waals surface area contributed by atoms with Gasteiger partial charge in [-0.25, -0.2) is 0 Å². The lowest BCUT2D eigenvalue weighted by Crippen LogP contribution is -2.36. The molecule has 0 atom stereocenters. The summed E-state index contributed by atoms with van der Waals surface area (Å²) in [5, 5.41) is 9.43. The van der Waals surface area contributed by atoms with Crippen LogP contribution in [-0.4, -0.2) is 26.0 Å². The maximum Gasteiger partial charge on any atom is 0.221 e. The monoisotopic (exact) mass is 496 g/mol. The minimum Gasteiger partial charge on any atom is -0.495 e. The smallest absolute Gasteiger partial charge is 0.221 e. The van der Waals surface area contributed by atoms with Crippen LogP contribution < -0.4 is 20.7 Å². The van der Waals surface area contributed by atoms with Gasteiger partial charge in [-0.2, -0.15) is 0 Å². The van der Waals surface area contributed by atoms with E-state index in [0.29, 0.717) is 24.5 Å².